The van der Waals surface area contributed by atoms with Crippen LogP contribution >= 0.6 is 11.6 Å². The molecule has 0 radical (unpaired) electrons. The van der Waals surface area contributed by atoms with E-state index in [0.717, 1.165) is 30.0 Å². The fourth-order valence-corrected chi connectivity index (χ4v) is 4.18. The van der Waals surface area contributed by atoms with Gasteiger partial charge in [-0.2, -0.15) is 0 Å². The van der Waals surface area contributed by atoms with Gasteiger partial charge < -0.3 is 9.64 Å². The number of para-hydroxylation sites is 1. The molecule has 0 aliphatic rings. The molecular weight excluding hydrogens is 455 g/mol. The number of ether oxygens (including phenoxy) is 1. The smallest absolute Gasteiger partial charge is 0.261 e. The number of carbonyl (C=O) groups is 1. The van der Waals surface area contributed by atoms with Crippen molar-refractivity contribution in [1.82, 2.24) is 4.90 Å². The maximum absolute atomic E-state index is 13.1. The lowest BCUT2D eigenvalue weighted by Gasteiger charge is -2.18. The highest BCUT2D eigenvalue weighted by atomic mass is 35.5. The number of sulfonamides is 1. The molecular formula is C23H22ClFN2O4S. The second kappa shape index (κ2) is 10.5. The number of amides is 1. The summed E-state index contributed by atoms with van der Waals surface area (Å²) >= 11 is 6.13. The van der Waals surface area contributed by atoms with Crippen LogP contribution < -0.4 is 9.46 Å². The highest BCUT2D eigenvalue weighted by Crippen LogP contribution is 2.26. The van der Waals surface area contributed by atoms with E-state index in [0.29, 0.717) is 19.6 Å². The van der Waals surface area contributed by atoms with Gasteiger partial charge in [0.2, 0.25) is 0 Å². The SMILES string of the molecule is CN(CCCOc1ccccc1)C(=O)c1ccc(Cl)c(NS(=O)(=O)c2ccc(F)cc2)c1. The lowest BCUT2D eigenvalue weighted by atomic mass is 10.2. The molecule has 9 heteroatoms. The quantitative estimate of drug-likeness (QED) is 0.449. The summed E-state index contributed by atoms with van der Waals surface area (Å²) in [5.74, 6) is -0.0762. The van der Waals surface area contributed by atoms with Crippen LogP contribution in [0.15, 0.2) is 77.7 Å². The molecule has 0 aromatic heterocycles. The molecule has 0 aliphatic carbocycles. The van der Waals surface area contributed by atoms with Gasteiger partial charge in [0.15, 0.2) is 0 Å². The third kappa shape index (κ3) is 6.21. The van der Waals surface area contributed by atoms with Gasteiger partial charge in [-0.3, -0.25) is 9.52 Å². The van der Waals surface area contributed by atoms with E-state index in [-0.39, 0.29) is 27.1 Å². The molecule has 3 aromatic carbocycles. The van der Waals surface area contributed by atoms with E-state index >= 15 is 0 Å². The minimum absolute atomic E-state index is 0.0580. The highest BCUT2D eigenvalue weighted by molar-refractivity contribution is 7.92. The van der Waals surface area contributed by atoms with Crippen molar-refractivity contribution in [2.75, 3.05) is 24.9 Å². The summed E-state index contributed by atoms with van der Waals surface area (Å²) in [5, 5.41) is 0.131. The third-order valence-electron chi connectivity index (χ3n) is 4.58. The molecule has 0 atom stereocenters. The molecule has 6 nitrogen and oxygen atoms in total. The maximum Gasteiger partial charge on any atom is 0.261 e. The number of hydrogen-bond donors (Lipinski definition) is 1. The Kier molecular flexibility index (Phi) is 7.71. The van der Waals surface area contributed by atoms with Gasteiger partial charge in [-0.05, 0) is 61.0 Å². The Morgan fingerprint density at radius 2 is 1.75 bits per heavy atom. The monoisotopic (exact) mass is 476 g/mol. The number of nitrogens with one attached hydrogen (secondary N) is 1. The summed E-state index contributed by atoms with van der Waals surface area (Å²) in [4.78, 5) is 14.2. The molecule has 0 unspecified atom stereocenters. The van der Waals surface area contributed by atoms with Crippen LogP contribution in [0.3, 0.4) is 0 Å². The van der Waals surface area contributed by atoms with Crippen LogP contribution in [-0.4, -0.2) is 39.4 Å². The van der Waals surface area contributed by atoms with Crippen molar-refractivity contribution in [3.8, 4) is 5.75 Å². The number of hydrogen-bond acceptors (Lipinski definition) is 4. The number of nitrogens with zero attached hydrogens (tertiary/aromatic N) is 1. The molecule has 0 saturated heterocycles. The summed E-state index contributed by atoms with van der Waals surface area (Å²) in [5.41, 5.74) is 0.334. The van der Waals surface area contributed by atoms with Gasteiger partial charge in [0.1, 0.15) is 11.6 Å². The van der Waals surface area contributed by atoms with E-state index in [2.05, 4.69) is 4.72 Å². The van der Waals surface area contributed by atoms with Crippen LogP contribution in [0.5, 0.6) is 5.75 Å². The van der Waals surface area contributed by atoms with E-state index in [4.69, 9.17) is 16.3 Å². The van der Waals surface area contributed by atoms with Crippen LogP contribution in [0.4, 0.5) is 10.1 Å². The van der Waals surface area contributed by atoms with Gasteiger partial charge in [0.25, 0.3) is 15.9 Å². The Balaban J connectivity index is 1.63. The molecule has 32 heavy (non-hydrogen) atoms. The van der Waals surface area contributed by atoms with Gasteiger partial charge in [0.05, 0.1) is 22.2 Å². The van der Waals surface area contributed by atoms with Gasteiger partial charge in [-0.15, -0.1) is 0 Å². The maximum atomic E-state index is 13.1. The summed E-state index contributed by atoms with van der Waals surface area (Å²) in [6, 6.07) is 18.1. The first kappa shape index (κ1) is 23.6. The van der Waals surface area contributed by atoms with E-state index in [9.17, 15) is 17.6 Å². The summed E-state index contributed by atoms with van der Waals surface area (Å²) < 4.78 is 46.2. The summed E-state index contributed by atoms with van der Waals surface area (Å²) in [7, 11) is -2.35. The van der Waals surface area contributed by atoms with E-state index in [1.54, 1.807) is 7.05 Å². The first-order valence-electron chi connectivity index (χ1n) is 9.77. The predicted molar refractivity (Wildman–Crippen MR) is 122 cm³/mol. The molecule has 0 fully saturated rings. The molecule has 0 spiro atoms. The Bertz CT molecular complexity index is 1170. The number of carbonyl (C=O) groups excluding carboxylic acids is 1. The molecule has 0 heterocycles. The first-order valence-corrected chi connectivity index (χ1v) is 11.6. The molecule has 3 aromatic rings. The van der Waals surface area contributed by atoms with Crippen molar-refractivity contribution in [2.24, 2.45) is 0 Å². The molecule has 0 saturated carbocycles. The number of benzene rings is 3. The van der Waals surface area contributed by atoms with E-state index in [1.165, 1.54) is 23.1 Å². The lowest BCUT2D eigenvalue weighted by molar-refractivity contribution is 0.0788. The zero-order valence-electron chi connectivity index (χ0n) is 17.3. The van der Waals surface area contributed by atoms with Gasteiger partial charge in [-0.25, -0.2) is 12.8 Å². The Hall–Kier alpha value is -3.10. The molecule has 0 aliphatic heterocycles. The average molecular weight is 477 g/mol. The molecule has 3 rings (SSSR count). The molecule has 0 bridgehead atoms. The van der Waals surface area contributed by atoms with Crippen molar-refractivity contribution in [2.45, 2.75) is 11.3 Å². The minimum Gasteiger partial charge on any atom is -0.494 e. The highest BCUT2D eigenvalue weighted by Gasteiger charge is 2.18. The van der Waals surface area contributed by atoms with E-state index in [1.807, 2.05) is 30.3 Å². The zero-order valence-corrected chi connectivity index (χ0v) is 18.9. The minimum atomic E-state index is -4.00. The molecule has 1 N–H and O–H groups in total. The number of rotatable bonds is 9. The summed E-state index contributed by atoms with van der Waals surface area (Å²) in [6.07, 6.45) is 0.620. The number of halogens is 2. The Morgan fingerprint density at radius 1 is 1.06 bits per heavy atom. The second-order valence-corrected chi connectivity index (χ2v) is 9.09. The van der Waals surface area contributed by atoms with Crippen molar-refractivity contribution < 1.29 is 22.3 Å². The van der Waals surface area contributed by atoms with Crippen molar-refractivity contribution in [3.05, 3.63) is 89.2 Å². The van der Waals surface area contributed by atoms with Gasteiger partial charge in [-0.1, -0.05) is 29.8 Å². The van der Waals surface area contributed by atoms with Gasteiger partial charge >= 0.3 is 0 Å². The van der Waals surface area contributed by atoms with Crippen LogP contribution in [-0.2, 0) is 10.0 Å². The van der Waals surface area contributed by atoms with Crippen molar-refractivity contribution in [3.63, 3.8) is 0 Å². The van der Waals surface area contributed by atoms with Gasteiger partial charge in [0, 0.05) is 19.2 Å². The molecule has 1 amide bonds. The van der Waals surface area contributed by atoms with Crippen molar-refractivity contribution >= 4 is 33.2 Å². The predicted octanol–water partition coefficient (Wildman–Crippen LogP) is 4.82. The van der Waals surface area contributed by atoms with Crippen LogP contribution in [0.2, 0.25) is 5.02 Å². The first-order chi connectivity index (χ1) is 15.3. The normalized spacial score (nSPS) is 11.1. The standard InChI is InChI=1S/C23H22ClFN2O4S/c1-27(14-5-15-31-19-6-3-2-4-7-19)23(28)17-8-13-21(24)22(16-17)26-32(29,30)20-11-9-18(25)10-12-20/h2-4,6-13,16,26H,5,14-15H2,1H3. The topological polar surface area (TPSA) is 75.7 Å². The average Bonchev–Trinajstić information content (AvgIpc) is 2.78. The largest absolute Gasteiger partial charge is 0.494 e. The second-order valence-electron chi connectivity index (χ2n) is 7.00. The Morgan fingerprint density at radius 3 is 2.44 bits per heavy atom. The van der Waals surface area contributed by atoms with Crippen LogP contribution in [0.25, 0.3) is 0 Å². The molecule has 168 valence electrons. The zero-order chi connectivity index (χ0) is 23.1. The number of anilines is 1. The fourth-order valence-electron chi connectivity index (χ4n) is 2.88. The van der Waals surface area contributed by atoms with E-state index < -0.39 is 15.8 Å². The Labute approximate surface area is 191 Å². The fraction of sp³-hybridized carbons (Fsp3) is 0.174. The van der Waals surface area contributed by atoms with Crippen molar-refractivity contribution in [1.29, 1.82) is 0 Å². The third-order valence-corrected chi connectivity index (χ3v) is 6.29. The summed E-state index contributed by atoms with van der Waals surface area (Å²) in [6.45, 7) is 0.899. The van der Waals surface area contributed by atoms with Crippen LogP contribution in [0, 0.1) is 5.82 Å². The lowest BCUT2D eigenvalue weighted by Crippen LogP contribution is -2.28. The van der Waals surface area contributed by atoms with Crippen LogP contribution in [0.1, 0.15) is 16.8 Å².